The molecule has 0 saturated carbocycles. The lowest BCUT2D eigenvalue weighted by Crippen LogP contribution is -1.94. The molecule has 280 valence electrons. The highest BCUT2D eigenvalue weighted by molar-refractivity contribution is 7.26. The third-order valence-electron chi connectivity index (χ3n) is 11.4. The number of rotatable bonds is 6. The van der Waals surface area contributed by atoms with Gasteiger partial charge in [0, 0.05) is 59.0 Å². The van der Waals surface area contributed by atoms with Crippen LogP contribution in [0.3, 0.4) is 0 Å². The molecule has 6 aromatic heterocycles. The summed E-state index contributed by atoms with van der Waals surface area (Å²) in [6, 6.07) is 64.7. The summed E-state index contributed by atoms with van der Waals surface area (Å²) in [7, 11) is 0. The van der Waals surface area contributed by atoms with E-state index >= 15 is 0 Å². The summed E-state index contributed by atoms with van der Waals surface area (Å²) < 4.78 is 5.10. The summed E-state index contributed by atoms with van der Waals surface area (Å²) in [6.45, 7) is 0. The predicted octanol–water partition coefficient (Wildman–Crippen LogP) is 15.2. The van der Waals surface area contributed by atoms with E-state index in [-0.39, 0.29) is 0 Å². The molecular formula is C54H32N4S2. The largest absolute Gasteiger partial charge is 0.255 e. The van der Waals surface area contributed by atoms with Gasteiger partial charge in [-0.3, -0.25) is 9.97 Å². The second-order valence-electron chi connectivity index (χ2n) is 15.0. The molecule has 0 atom stereocenters. The van der Waals surface area contributed by atoms with Crippen LogP contribution in [0.25, 0.3) is 119 Å². The topological polar surface area (TPSA) is 51.6 Å². The molecule has 0 spiro atoms. The molecule has 0 fully saturated rings. The zero-order valence-electron chi connectivity index (χ0n) is 32.1. The molecule has 0 unspecified atom stereocenters. The fourth-order valence-electron chi connectivity index (χ4n) is 8.54. The van der Waals surface area contributed by atoms with Crippen molar-refractivity contribution < 1.29 is 0 Å². The Kier molecular flexibility index (Phi) is 8.18. The van der Waals surface area contributed by atoms with Crippen LogP contribution in [-0.2, 0) is 0 Å². The van der Waals surface area contributed by atoms with Crippen molar-refractivity contribution >= 4 is 73.9 Å². The number of pyridine rings is 4. The van der Waals surface area contributed by atoms with Crippen molar-refractivity contribution in [2.45, 2.75) is 0 Å². The van der Waals surface area contributed by atoms with E-state index in [1.165, 1.54) is 56.9 Å². The Morgan fingerprint density at radius 2 is 0.950 bits per heavy atom. The van der Waals surface area contributed by atoms with Gasteiger partial charge in [0.2, 0.25) is 0 Å². The van der Waals surface area contributed by atoms with Crippen LogP contribution < -0.4 is 0 Å². The number of thiophene rings is 2. The first-order chi connectivity index (χ1) is 29.7. The van der Waals surface area contributed by atoms with Crippen molar-refractivity contribution in [3.05, 3.63) is 194 Å². The second-order valence-corrected chi connectivity index (χ2v) is 17.1. The van der Waals surface area contributed by atoms with E-state index in [0.29, 0.717) is 0 Å². The number of benzene rings is 6. The highest BCUT2D eigenvalue weighted by Crippen LogP contribution is 2.46. The SMILES string of the molecule is c1ccc(-c2cc(-c3cccc(-c4ccc(-c5nc6cccc(-c7ccc8sc9ccccc9c8c7)c6c6c5sc5ccccc56)cc4)c3)cc(-c3ccccn3)n2)nc1. The number of nitrogens with zero attached hydrogens (tertiary/aromatic N) is 4. The van der Waals surface area contributed by atoms with E-state index in [1.54, 1.807) is 12.4 Å². The Bertz CT molecular complexity index is 3540. The number of aromatic nitrogens is 4. The second kappa shape index (κ2) is 14.2. The average molecular weight is 801 g/mol. The first kappa shape index (κ1) is 34.6. The Morgan fingerprint density at radius 3 is 1.68 bits per heavy atom. The van der Waals surface area contributed by atoms with Gasteiger partial charge in [0.1, 0.15) is 0 Å². The molecule has 0 bridgehead atoms. The number of hydrogen-bond acceptors (Lipinski definition) is 6. The maximum Gasteiger partial charge on any atom is 0.0900 e. The molecule has 0 aliphatic rings. The van der Waals surface area contributed by atoms with E-state index in [0.717, 1.165) is 61.8 Å². The summed E-state index contributed by atoms with van der Waals surface area (Å²) in [5, 5.41) is 6.35. The molecule has 0 radical (unpaired) electrons. The van der Waals surface area contributed by atoms with Crippen LogP contribution in [0, 0.1) is 0 Å². The van der Waals surface area contributed by atoms with Crippen molar-refractivity contribution in [1.29, 1.82) is 0 Å². The Balaban J connectivity index is 0.961. The quantitative estimate of drug-likeness (QED) is 0.168. The van der Waals surface area contributed by atoms with Crippen LogP contribution in [0.2, 0.25) is 0 Å². The third kappa shape index (κ3) is 5.88. The van der Waals surface area contributed by atoms with Gasteiger partial charge in [-0.15, -0.1) is 22.7 Å². The lowest BCUT2D eigenvalue weighted by Gasteiger charge is -2.13. The molecule has 6 heteroatoms. The molecular weight excluding hydrogens is 769 g/mol. The fraction of sp³-hybridized carbons (Fsp3) is 0. The smallest absolute Gasteiger partial charge is 0.0900 e. The molecule has 6 aromatic carbocycles. The van der Waals surface area contributed by atoms with Crippen molar-refractivity contribution in [2.75, 3.05) is 0 Å². The van der Waals surface area contributed by atoms with Gasteiger partial charge in [-0.2, -0.15) is 0 Å². The van der Waals surface area contributed by atoms with Gasteiger partial charge >= 0.3 is 0 Å². The summed E-state index contributed by atoms with van der Waals surface area (Å²) in [5.41, 5.74) is 13.2. The Labute approximate surface area is 353 Å². The molecule has 0 aliphatic heterocycles. The molecule has 4 nitrogen and oxygen atoms in total. The lowest BCUT2D eigenvalue weighted by atomic mass is 9.94. The van der Waals surface area contributed by atoms with Crippen molar-refractivity contribution in [3.8, 4) is 67.4 Å². The first-order valence-corrected chi connectivity index (χ1v) is 21.6. The van der Waals surface area contributed by atoms with Gasteiger partial charge in [-0.1, -0.05) is 109 Å². The zero-order chi connectivity index (χ0) is 39.6. The van der Waals surface area contributed by atoms with Crippen molar-refractivity contribution in [3.63, 3.8) is 0 Å². The van der Waals surface area contributed by atoms with E-state index in [1.807, 2.05) is 59.1 Å². The minimum Gasteiger partial charge on any atom is -0.255 e. The zero-order valence-corrected chi connectivity index (χ0v) is 33.7. The summed E-state index contributed by atoms with van der Waals surface area (Å²) in [5.74, 6) is 0. The van der Waals surface area contributed by atoms with Crippen LogP contribution >= 0.6 is 22.7 Å². The van der Waals surface area contributed by atoms with Gasteiger partial charge < -0.3 is 0 Å². The monoisotopic (exact) mass is 800 g/mol. The van der Waals surface area contributed by atoms with Gasteiger partial charge in [0.05, 0.1) is 38.7 Å². The molecule has 0 saturated heterocycles. The van der Waals surface area contributed by atoms with Crippen LogP contribution in [-0.4, -0.2) is 19.9 Å². The Morgan fingerprint density at radius 1 is 0.333 bits per heavy atom. The predicted molar refractivity (Wildman–Crippen MR) is 254 cm³/mol. The normalized spacial score (nSPS) is 11.7. The molecule has 0 aliphatic carbocycles. The molecule has 0 N–H and O–H groups in total. The molecule has 0 amide bonds. The standard InChI is InChI=1S/C54H32N4S2/c1-3-19-48-40(13-1)42-30-37(25-26-50(42)59-48)39-15-10-18-45-51(39)52-41-14-2-4-20-49(41)60-54(52)53(58-45)34-23-21-33(22-24-34)35-11-9-12-36(29-35)38-31-46(43-16-5-7-27-55-43)57-47(32-38)44-17-6-8-28-56-44/h1-32H. The summed E-state index contributed by atoms with van der Waals surface area (Å²) in [6.07, 6.45) is 3.61. The third-order valence-corrected chi connectivity index (χ3v) is 13.7. The lowest BCUT2D eigenvalue weighted by molar-refractivity contribution is 1.22. The first-order valence-electron chi connectivity index (χ1n) is 19.9. The van der Waals surface area contributed by atoms with Crippen LogP contribution in [0.5, 0.6) is 0 Å². The highest BCUT2D eigenvalue weighted by Gasteiger charge is 2.20. The summed E-state index contributed by atoms with van der Waals surface area (Å²) >= 11 is 3.69. The van der Waals surface area contributed by atoms with Gasteiger partial charge in [-0.25, -0.2) is 9.97 Å². The molecule has 6 heterocycles. The minimum atomic E-state index is 0.809. The van der Waals surface area contributed by atoms with Gasteiger partial charge in [-0.05, 0) is 106 Å². The Hall–Kier alpha value is -7.38. The van der Waals surface area contributed by atoms with Gasteiger partial charge in [0.15, 0.2) is 0 Å². The number of hydrogen-bond donors (Lipinski definition) is 0. The molecule has 12 rings (SSSR count). The average Bonchev–Trinajstić information content (AvgIpc) is 3.90. The minimum absolute atomic E-state index is 0.809. The van der Waals surface area contributed by atoms with Crippen LogP contribution in [0.1, 0.15) is 0 Å². The van der Waals surface area contributed by atoms with E-state index in [2.05, 4.69) is 156 Å². The number of fused-ring (bicyclic) bond motifs is 8. The summed E-state index contributed by atoms with van der Waals surface area (Å²) in [4.78, 5) is 19.7. The maximum absolute atomic E-state index is 5.48. The fourth-order valence-corrected chi connectivity index (χ4v) is 10.9. The van der Waals surface area contributed by atoms with Crippen molar-refractivity contribution in [2.24, 2.45) is 0 Å². The van der Waals surface area contributed by atoms with E-state index < -0.39 is 0 Å². The maximum atomic E-state index is 5.48. The van der Waals surface area contributed by atoms with Gasteiger partial charge in [0.25, 0.3) is 0 Å². The highest BCUT2D eigenvalue weighted by atomic mass is 32.1. The van der Waals surface area contributed by atoms with Crippen molar-refractivity contribution in [1.82, 2.24) is 19.9 Å². The molecule has 12 aromatic rings. The van der Waals surface area contributed by atoms with E-state index in [4.69, 9.17) is 9.97 Å². The van der Waals surface area contributed by atoms with Crippen LogP contribution in [0.15, 0.2) is 194 Å². The van der Waals surface area contributed by atoms with Crippen LogP contribution in [0.4, 0.5) is 0 Å². The van der Waals surface area contributed by atoms with E-state index in [9.17, 15) is 0 Å². The molecule has 60 heavy (non-hydrogen) atoms.